The maximum absolute atomic E-state index is 12.8. The summed E-state index contributed by atoms with van der Waals surface area (Å²) in [6.45, 7) is 3.53. The van der Waals surface area contributed by atoms with E-state index in [2.05, 4.69) is 10.3 Å². The standard InChI is InChI=1S/C28H27N3O5S2/c1-4-36-27(34)24-17(2)21(26(33)35-3)25(38-24)29-20(32)15-16-37-28-30-22(18-11-7-5-8-12-18)23(31-28)19-13-9-6-10-14-19/h5-14H,4,15-16H2,1-3H3,(H,29,32)(H,30,31). The highest BCUT2D eigenvalue weighted by atomic mass is 32.2. The third-order valence-corrected chi connectivity index (χ3v) is 7.67. The number of hydrogen-bond donors (Lipinski definition) is 2. The SMILES string of the molecule is CCOC(=O)c1sc(NC(=O)CCSc2nc(-c3ccccc3)c(-c3ccccc3)[nH]2)c(C(=O)OC)c1C. The van der Waals surface area contributed by atoms with Crippen LogP contribution in [-0.2, 0) is 14.3 Å². The fraction of sp³-hybridized carbons (Fsp3) is 0.214. The number of benzene rings is 2. The second-order valence-corrected chi connectivity index (χ2v) is 10.2. The summed E-state index contributed by atoms with van der Waals surface area (Å²) in [5.41, 5.74) is 4.34. The lowest BCUT2D eigenvalue weighted by molar-refractivity contribution is -0.115. The maximum atomic E-state index is 12.8. The van der Waals surface area contributed by atoms with E-state index in [1.54, 1.807) is 13.8 Å². The zero-order valence-electron chi connectivity index (χ0n) is 21.2. The second kappa shape index (κ2) is 12.6. The number of carbonyl (C=O) groups is 3. The zero-order valence-corrected chi connectivity index (χ0v) is 22.8. The smallest absolute Gasteiger partial charge is 0.348 e. The van der Waals surface area contributed by atoms with Crippen molar-refractivity contribution < 1.29 is 23.9 Å². The van der Waals surface area contributed by atoms with E-state index in [4.69, 9.17) is 14.5 Å². The van der Waals surface area contributed by atoms with Gasteiger partial charge < -0.3 is 19.8 Å². The van der Waals surface area contributed by atoms with Crippen molar-refractivity contribution in [3.05, 3.63) is 76.7 Å². The van der Waals surface area contributed by atoms with E-state index in [1.807, 2.05) is 60.7 Å². The highest BCUT2D eigenvalue weighted by Gasteiger charge is 2.27. The Morgan fingerprint density at radius 3 is 2.29 bits per heavy atom. The number of nitrogens with one attached hydrogen (secondary N) is 2. The van der Waals surface area contributed by atoms with Gasteiger partial charge in [-0.2, -0.15) is 0 Å². The normalized spacial score (nSPS) is 10.7. The van der Waals surface area contributed by atoms with Gasteiger partial charge in [0.05, 0.1) is 30.7 Å². The number of aromatic nitrogens is 2. The number of amides is 1. The van der Waals surface area contributed by atoms with Gasteiger partial charge in [-0.3, -0.25) is 4.79 Å². The lowest BCUT2D eigenvalue weighted by Crippen LogP contribution is -2.14. The number of aromatic amines is 1. The van der Waals surface area contributed by atoms with E-state index in [0.29, 0.717) is 16.5 Å². The van der Waals surface area contributed by atoms with Crippen LogP contribution in [0.25, 0.3) is 22.5 Å². The van der Waals surface area contributed by atoms with E-state index in [-0.39, 0.29) is 34.4 Å². The van der Waals surface area contributed by atoms with Gasteiger partial charge in [0.1, 0.15) is 9.88 Å². The molecule has 2 heterocycles. The maximum Gasteiger partial charge on any atom is 0.348 e. The Kier molecular flexibility index (Phi) is 8.98. The number of nitrogens with zero attached hydrogens (tertiary/aromatic N) is 1. The molecule has 4 rings (SSSR count). The summed E-state index contributed by atoms with van der Waals surface area (Å²) in [5, 5.41) is 3.73. The number of carbonyl (C=O) groups excluding carboxylic acids is 3. The number of imidazole rings is 1. The number of hydrogen-bond acceptors (Lipinski definition) is 8. The molecule has 38 heavy (non-hydrogen) atoms. The number of rotatable bonds is 10. The summed E-state index contributed by atoms with van der Waals surface area (Å²) in [4.78, 5) is 45.9. The van der Waals surface area contributed by atoms with E-state index in [9.17, 15) is 14.4 Å². The molecule has 4 aromatic rings. The molecule has 0 aliphatic rings. The molecule has 10 heteroatoms. The first-order chi connectivity index (χ1) is 18.4. The van der Waals surface area contributed by atoms with Crippen LogP contribution >= 0.6 is 23.1 Å². The minimum Gasteiger partial charge on any atom is -0.465 e. The van der Waals surface area contributed by atoms with Crippen molar-refractivity contribution in [1.29, 1.82) is 0 Å². The van der Waals surface area contributed by atoms with Gasteiger partial charge in [-0.1, -0.05) is 72.4 Å². The van der Waals surface area contributed by atoms with Crippen LogP contribution < -0.4 is 5.32 Å². The summed E-state index contributed by atoms with van der Waals surface area (Å²) in [6, 6.07) is 19.9. The van der Waals surface area contributed by atoms with Crippen molar-refractivity contribution in [3.8, 4) is 22.5 Å². The Hall–Kier alpha value is -3.89. The summed E-state index contributed by atoms with van der Waals surface area (Å²) >= 11 is 2.43. The summed E-state index contributed by atoms with van der Waals surface area (Å²) in [6.07, 6.45) is 0.166. The van der Waals surface area contributed by atoms with E-state index in [0.717, 1.165) is 33.9 Å². The number of ether oxygens (including phenoxy) is 2. The topological polar surface area (TPSA) is 110 Å². The highest BCUT2D eigenvalue weighted by molar-refractivity contribution is 7.99. The van der Waals surface area contributed by atoms with Crippen molar-refractivity contribution >= 4 is 45.9 Å². The molecular formula is C28H27N3O5S2. The fourth-order valence-corrected chi connectivity index (χ4v) is 5.72. The first-order valence-corrected chi connectivity index (χ1v) is 13.7. The molecule has 0 saturated heterocycles. The molecule has 2 aromatic carbocycles. The van der Waals surface area contributed by atoms with Crippen molar-refractivity contribution in [2.75, 3.05) is 24.8 Å². The van der Waals surface area contributed by atoms with Crippen LogP contribution in [-0.4, -0.2) is 47.3 Å². The minimum atomic E-state index is -0.628. The molecule has 1 amide bonds. The van der Waals surface area contributed by atoms with Gasteiger partial charge in [-0.25, -0.2) is 14.6 Å². The van der Waals surface area contributed by atoms with Crippen molar-refractivity contribution in [1.82, 2.24) is 9.97 Å². The Morgan fingerprint density at radius 1 is 1.00 bits per heavy atom. The van der Waals surface area contributed by atoms with Gasteiger partial charge in [-0.15, -0.1) is 11.3 Å². The Morgan fingerprint density at radius 2 is 1.66 bits per heavy atom. The minimum absolute atomic E-state index is 0.160. The molecule has 0 atom stereocenters. The molecule has 0 fully saturated rings. The molecule has 0 saturated carbocycles. The molecule has 2 N–H and O–H groups in total. The van der Waals surface area contributed by atoms with Crippen molar-refractivity contribution in [2.45, 2.75) is 25.4 Å². The number of H-pyrrole nitrogens is 1. The van der Waals surface area contributed by atoms with Gasteiger partial charge in [-0.05, 0) is 19.4 Å². The monoisotopic (exact) mass is 549 g/mol. The summed E-state index contributed by atoms with van der Waals surface area (Å²) in [5.74, 6) is -1.02. The fourth-order valence-electron chi connectivity index (χ4n) is 3.81. The first-order valence-electron chi connectivity index (χ1n) is 11.9. The van der Waals surface area contributed by atoms with E-state index in [1.165, 1.54) is 18.9 Å². The van der Waals surface area contributed by atoms with Gasteiger partial charge in [0.25, 0.3) is 0 Å². The van der Waals surface area contributed by atoms with Crippen LogP contribution in [0.1, 0.15) is 38.9 Å². The molecule has 2 aromatic heterocycles. The molecule has 8 nitrogen and oxygen atoms in total. The molecule has 196 valence electrons. The third-order valence-electron chi connectivity index (χ3n) is 5.61. The predicted octanol–water partition coefficient (Wildman–Crippen LogP) is 6.20. The highest BCUT2D eigenvalue weighted by Crippen LogP contribution is 2.35. The molecular weight excluding hydrogens is 522 g/mol. The number of methoxy groups -OCH3 is 1. The largest absolute Gasteiger partial charge is 0.465 e. The van der Waals surface area contributed by atoms with Gasteiger partial charge in [0.2, 0.25) is 5.91 Å². The number of esters is 2. The van der Waals surface area contributed by atoms with Crippen LogP contribution in [0.4, 0.5) is 5.00 Å². The van der Waals surface area contributed by atoms with Crippen LogP contribution in [0.15, 0.2) is 65.8 Å². The van der Waals surface area contributed by atoms with Crippen LogP contribution in [0, 0.1) is 6.92 Å². The van der Waals surface area contributed by atoms with Gasteiger partial charge in [0, 0.05) is 23.3 Å². The van der Waals surface area contributed by atoms with Gasteiger partial charge in [0.15, 0.2) is 5.16 Å². The first kappa shape index (κ1) is 27.2. The average molecular weight is 550 g/mol. The molecule has 0 unspecified atom stereocenters. The molecule has 0 aliphatic carbocycles. The van der Waals surface area contributed by atoms with E-state index >= 15 is 0 Å². The molecule has 0 spiro atoms. The average Bonchev–Trinajstić information content (AvgIpc) is 3.50. The Labute approximate surface area is 228 Å². The zero-order chi connectivity index (χ0) is 27.1. The predicted molar refractivity (Wildman–Crippen MR) is 150 cm³/mol. The number of anilines is 1. The van der Waals surface area contributed by atoms with Gasteiger partial charge >= 0.3 is 11.9 Å². The molecule has 0 bridgehead atoms. The Bertz CT molecular complexity index is 1370. The Balaban J connectivity index is 1.47. The van der Waals surface area contributed by atoms with E-state index < -0.39 is 11.9 Å². The van der Waals surface area contributed by atoms with Crippen LogP contribution in [0.5, 0.6) is 0 Å². The van der Waals surface area contributed by atoms with Crippen molar-refractivity contribution in [3.63, 3.8) is 0 Å². The van der Waals surface area contributed by atoms with Crippen LogP contribution in [0.3, 0.4) is 0 Å². The molecule has 0 aliphatic heterocycles. The summed E-state index contributed by atoms with van der Waals surface area (Å²) in [7, 11) is 1.25. The lowest BCUT2D eigenvalue weighted by Gasteiger charge is -2.05. The number of thiophene rings is 1. The van der Waals surface area contributed by atoms with Crippen LogP contribution in [0.2, 0.25) is 0 Å². The third kappa shape index (κ3) is 6.15. The second-order valence-electron chi connectivity index (χ2n) is 8.12. The van der Waals surface area contributed by atoms with Crippen molar-refractivity contribution in [2.24, 2.45) is 0 Å². The molecule has 0 radical (unpaired) electrons. The summed E-state index contributed by atoms with van der Waals surface area (Å²) < 4.78 is 9.94. The lowest BCUT2D eigenvalue weighted by atomic mass is 10.1. The quantitative estimate of drug-likeness (QED) is 0.179. The number of thioether (sulfide) groups is 1.